The van der Waals surface area contributed by atoms with Crippen LogP contribution in [0.2, 0.25) is 0 Å². The van der Waals surface area contributed by atoms with Gasteiger partial charge in [-0.25, -0.2) is 0 Å². The molecule has 3 unspecified atom stereocenters. The molecule has 0 amide bonds. The maximum Gasteiger partial charge on any atom is 0.246 e. The zero-order valence-electron chi connectivity index (χ0n) is 12.9. The summed E-state index contributed by atoms with van der Waals surface area (Å²) < 4.78 is 11.5. The number of ether oxygens (including phenoxy) is 2. The first-order valence-electron chi connectivity index (χ1n) is 7.73. The number of benzene rings is 1. The Labute approximate surface area is 121 Å². The Hall–Kier alpha value is -1.38. The lowest BCUT2D eigenvalue weighted by Crippen LogP contribution is -2.34. The average Bonchev–Trinajstić information content (AvgIpc) is 2.68. The zero-order valence-corrected chi connectivity index (χ0v) is 12.9. The van der Waals surface area contributed by atoms with Gasteiger partial charge in [-0.1, -0.05) is 26.7 Å². The third-order valence-corrected chi connectivity index (χ3v) is 4.71. The first kappa shape index (κ1) is 13.6. The molecule has 2 aliphatic rings. The highest BCUT2D eigenvalue weighted by Gasteiger charge is 2.32. The van der Waals surface area contributed by atoms with Gasteiger partial charge in [-0.3, -0.25) is 0 Å². The minimum absolute atomic E-state index is 0.548. The fourth-order valence-corrected chi connectivity index (χ4v) is 3.31. The number of hydrogen-bond acceptors (Lipinski definition) is 3. The lowest BCUT2D eigenvalue weighted by atomic mass is 9.78. The fraction of sp³-hybridized carbons (Fsp3) is 0.647. The summed E-state index contributed by atoms with van der Waals surface area (Å²) in [6.45, 7) is 8.59. The molecule has 1 aromatic rings. The highest BCUT2D eigenvalue weighted by atomic mass is 16.7. The molecule has 1 heterocycles. The maximum atomic E-state index is 5.81. The van der Waals surface area contributed by atoms with Crippen LogP contribution in [-0.2, 0) is 0 Å². The third kappa shape index (κ3) is 2.58. The molecule has 110 valence electrons. The second kappa shape index (κ2) is 4.87. The summed E-state index contributed by atoms with van der Waals surface area (Å²) in [6, 6.07) is 6.72. The Morgan fingerprint density at radius 2 is 1.85 bits per heavy atom. The van der Waals surface area contributed by atoms with Crippen molar-refractivity contribution in [3.63, 3.8) is 0 Å². The molecule has 0 saturated heterocycles. The van der Waals surface area contributed by atoms with Gasteiger partial charge in [0.15, 0.2) is 11.5 Å². The van der Waals surface area contributed by atoms with E-state index in [1.165, 1.54) is 19.3 Å². The van der Waals surface area contributed by atoms with Crippen molar-refractivity contribution in [2.75, 3.05) is 5.32 Å². The first-order chi connectivity index (χ1) is 9.44. The predicted molar refractivity (Wildman–Crippen MR) is 81.4 cm³/mol. The topological polar surface area (TPSA) is 30.5 Å². The van der Waals surface area contributed by atoms with Crippen molar-refractivity contribution in [3.8, 4) is 11.5 Å². The van der Waals surface area contributed by atoms with Gasteiger partial charge in [0.2, 0.25) is 5.79 Å². The molecule has 0 radical (unpaired) electrons. The van der Waals surface area contributed by atoms with Crippen LogP contribution >= 0.6 is 0 Å². The highest BCUT2D eigenvalue weighted by molar-refractivity contribution is 5.56. The van der Waals surface area contributed by atoms with Crippen LogP contribution in [0.5, 0.6) is 11.5 Å². The van der Waals surface area contributed by atoms with Gasteiger partial charge >= 0.3 is 0 Å². The minimum atomic E-state index is -0.548. The summed E-state index contributed by atoms with van der Waals surface area (Å²) in [4.78, 5) is 0. The molecule has 1 aromatic carbocycles. The van der Waals surface area contributed by atoms with Gasteiger partial charge in [-0.15, -0.1) is 0 Å². The van der Waals surface area contributed by atoms with Gasteiger partial charge in [0.1, 0.15) is 0 Å². The van der Waals surface area contributed by atoms with Gasteiger partial charge in [0.25, 0.3) is 0 Å². The lowest BCUT2D eigenvalue weighted by Gasteiger charge is -2.35. The summed E-state index contributed by atoms with van der Waals surface area (Å²) in [5.74, 6) is 2.65. The van der Waals surface area contributed by atoms with Crippen molar-refractivity contribution in [2.45, 2.75) is 58.8 Å². The normalized spacial score (nSPS) is 31.1. The third-order valence-electron chi connectivity index (χ3n) is 4.71. The van der Waals surface area contributed by atoms with Crippen molar-refractivity contribution in [1.29, 1.82) is 0 Å². The number of rotatable bonds is 2. The van der Waals surface area contributed by atoms with Crippen molar-refractivity contribution >= 4 is 5.69 Å². The SMILES string of the molecule is CC1CCCC(Nc2ccc3c(c2)OC(C)(C)O3)C1C. The quantitative estimate of drug-likeness (QED) is 0.866. The van der Waals surface area contributed by atoms with E-state index in [1.54, 1.807) is 0 Å². The molecule has 3 rings (SSSR count). The molecule has 3 atom stereocenters. The van der Waals surface area contributed by atoms with Gasteiger partial charge in [0, 0.05) is 31.6 Å². The van der Waals surface area contributed by atoms with Crippen molar-refractivity contribution in [2.24, 2.45) is 11.8 Å². The molecule has 0 spiro atoms. The van der Waals surface area contributed by atoms with Gasteiger partial charge < -0.3 is 14.8 Å². The van der Waals surface area contributed by atoms with Crippen LogP contribution in [0, 0.1) is 11.8 Å². The van der Waals surface area contributed by atoms with Crippen LogP contribution in [0.1, 0.15) is 47.0 Å². The van der Waals surface area contributed by atoms with Crippen molar-refractivity contribution in [1.82, 2.24) is 0 Å². The molecule has 0 bridgehead atoms. The van der Waals surface area contributed by atoms with Crippen LogP contribution in [0.4, 0.5) is 5.69 Å². The summed E-state index contributed by atoms with van der Waals surface area (Å²) >= 11 is 0. The van der Waals surface area contributed by atoms with Crippen molar-refractivity contribution < 1.29 is 9.47 Å². The molecule has 3 heteroatoms. The largest absolute Gasteiger partial charge is 0.449 e. The number of anilines is 1. The van der Waals surface area contributed by atoms with E-state index in [1.807, 2.05) is 19.9 Å². The molecule has 1 fully saturated rings. The summed E-state index contributed by atoms with van der Waals surface area (Å²) in [5.41, 5.74) is 1.14. The van der Waals surface area contributed by atoms with Crippen LogP contribution in [0.15, 0.2) is 18.2 Å². The van der Waals surface area contributed by atoms with Crippen LogP contribution < -0.4 is 14.8 Å². The molecular formula is C17H25NO2. The molecule has 1 N–H and O–H groups in total. The van der Waals surface area contributed by atoms with E-state index >= 15 is 0 Å². The zero-order chi connectivity index (χ0) is 14.3. The van der Waals surface area contributed by atoms with E-state index < -0.39 is 5.79 Å². The van der Waals surface area contributed by atoms with E-state index in [2.05, 4.69) is 31.3 Å². The monoisotopic (exact) mass is 275 g/mol. The average molecular weight is 275 g/mol. The number of hydrogen-bond donors (Lipinski definition) is 1. The first-order valence-corrected chi connectivity index (χ1v) is 7.73. The van der Waals surface area contributed by atoms with Crippen LogP contribution in [-0.4, -0.2) is 11.8 Å². The molecular weight excluding hydrogens is 250 g/mol. The van der Waals surface area contributed by atoms with E-state index in [-0.39, 0.29) is 0 Å². The summed E-state index contributed by atoms with van der Waals surface area (Å²) in [5, 5.41) is 3.68. The Bertz CT molecular complexity index is 498. The van der Waals surface area contributed by atoms with Gasteiger partial charge in [0.05, 0.1) is 0 Å². The number of fused-ring (bicyclic) bond motifs is 1. The lowest BCUT2D eigenvalue weighted by molar-refractivity contribution is -0.0431. The molecule has 0 aromatic heterocycles. The van der Waals surface area contributed by atoms with E-state index in [0.29, 0.717) is 12.0 Å². The fourth-order valence-electron chi connectivity index (χ4n) is 3.31. The smallest absolute Gasteiger partial charge is 0.246 e. The van der Waals surface area contributed by atoms with Crippen LogP contribution in [0.25, 0.3) is 0 Å². The van der Waals surface area contributed by atoms with Gasteiger partial charge in [-0.05, 0) is 30.4 Å². The Morgan fingerprint density at radius 3 is 2.65 bits per heavy atom. The summed E-state index contributed by atoms with van der Waals surface area (Å²) in [6.07, 6.45) is 3.93. The highest BCUT2D eigenvalue weighted by Crippen LogP contribution is 2.41. The molecule has 1 aliphatic carbocycles. The standard InChI is InChI=1S/C17H25NO2/c1-11-6-5-7-14(12(11)2)18-13-8-9-15-16(10-13)20-17(3,4)19-15/h8-12,14,18H,5-7H2,1-4H3. The minimum Gasteiger partial charge on any atom is -0.449 e. The van der Waals surface area contributed by atoms with Crippen molar-refractivity contribution in [3.05, 3.63) is 18.2 Å². The summed E-state index contributed by atoms with van der Waals surface area (Å²) in [7, 11) is 0. The predicted octanol–water partition coefficient (Wildman–Crippen LogP) is 4.43. The van der Waals surface area contributed by atoms with E-state index in [9.17, 15) is 0 Å². The number of nitrogens with one attached hydrogen (secondary N) is 1. The Kier molecular flexibility index (Phi) is 3.31. The van der Waals surface area contributed by atoms with Gasteiger partial charge in [-0.2, -0.15) is 0 Å². The molecule has 1 saturated carbocycles. The van der Waals surface area contributed by atoms with Crippen LogP contribution in [0.3, 0.4) is 0 Å². The van der Waals surface area contributed by atoms with E-state index in [4.69, 9.17) is 9.47 Å². The van der Waals surface area contributed by atoms with E-state index in [0.717, 1.165) is 23.1 Å². The Balaban J connectivity index is 1.73. The maximum absolute atomic E-state index is 5.81. The molecule has 20 heavy (non-hydrogen) atoms. The Morgan fingerprint density at radius 1 is 1.10 bits per heavy atom. The molecule has 3 nitrogen and oxygen atoms in total. The second-order valence-corrected chi connectivity index (χ2v) is 6.78. The molecule has 1 aliphatic heterocycles. The second-order valence-electron chi connectivity index (χ2n) is 6.78.